The molecule has 19 heavy (non-hydrogen) atoms. The molecule has 0 aliphatic rings. The number of aryl methyl sites for hydroxylation is 2. The number of amides is 1. The number of rotatable bonds is 3. The highest BCUT2D eigenvalue weighted by Crippen LogP contribution is 2.16. The largest absolute Gasteiger partial charge is 0.326 e. The van der Waals surface area contributed by atoms with Gasteiger partial charge in [-0.1, -0.05) is 12.1 Å². The summed E-state index contributed by atoms with van der Waals surface area (Å²) >= 11 is 0. The van der Waals surface area contributed by atoms with Crippen molar-refractivity contribution in [3.8, 4) is 0 Å². The summed E-state index contributed by atoms with van der Waals surface area (Å²) in [5, 5.41) is 4.19. The molecule has 2 rings (SSSR count). The second kappa shape index (κ2) is 5.24. The van der Waals surface area contributed by atoms with Crippen LogP contribution in [0.5, 0.6) is 0 Å². The first-order valence-electron chi connectivity index (χ1n) is 6.10. The standard InChI is InChI=1S/C14H18N4O/c1-10-8-13(18(3)16-10)14(19)17(2)12-6-4-11(9-15)5-7-12/h4-8H,9,15H2,1-3H3. The summed E-state index contributed by atoms with van der Waals surface area (Å²) in [7, 11) is 3.52. The molecule has 1 aromatic heterocycles. The Morgan fingerprint density at radius 1 is 1.37 bits per heavy atom. The molecule has 0 aliphatic carbocycles. The van der Waals surface area contributed by atoms with Gasteiger partial charge >= 0.3 is 0 Å². The van der Waals surface area contributed by atoms with Gasteiger partial charge in [0.2, 0.25) is 0 Å². The Hall–Kier alpha value is -2.14. The molecule has 5 heteroatoms. The van der Waals surface area contributed by atoms with E-state index in [0.29, 0.717) is 12.2 Å². The monoisotopic (exact) mass is 258 g/mol. The van der Waals surface area contributed by atoms with E-state index < -0.39 is 0 Å². The number of carbonyl (C=O) groups is 1. The summed E-state index contributed by atoms with van der Waals surface area (Å²) in [6, 6.07) is 9.42. The lowest BCUT2D eigenvalue weighted by molar-refractivity contribution is 0.0984. The highest BCUT2D eigenvalue weighted by Gasteiger charge is 2.17. The Labute approximate surface area is 112 Å². The number of hydrogen-bond donors (Lipinski definition) is 1. The minimum Gasteiger partial charge on any atom is -0.326 e. The number of benzene rings is 1. The average molecular weight is 258 g/mol. The number of hydrogen-bond acceptors (Lipinski definition) is 3. The van der Waals surface area contributed by atoms with Gasteiger partial charge in [0.15, 0.2) is 0 Å². The number of aromatic nitrogens is 2. The van der Waals surface area contributed by atoms with Crippen molar-refractivity contribution in [2.24, 2.45) is 12.8 Å². The van der Waals surface area contributed by atoms with E-state index in [4.69, 9.17) is 5.73 Å². The molecular formula is C14H18N4O. The molecule has 0 saturated heterocycles. The molecule has 1 aromatic carbocycles. The van der Waals surface area contributed by atoms with Crippen LogP contribution < -0.4 is 10.6 Å². The SMILES string of the molecule is Cc1cc(C(=O)N(C)c2ccc(CN)cc2)n(C)n1. The minimum atomic E-state index is -0.0800. The lowest BCUT2D eigenvalue weighted by Crippen LogP contribution is -2.28. The van der Waals surface area contributed by atoms with Gasteiger partial charge in [0, 0.05) is 26.3 Å². The summed E-state index contributed by atoms with van der Waals surface area (Å²) in [5.41, 5.74) is 8.84. The van der Waals surface area contributed by atoms with Crippen LogP contribution in [0.4, 0.5) is 5.69 Å². The zero-order valence-electron chi connectivity index (χ0n) is 11.4. The smallest absolute Gasteiger partial charge is 0.276 e. The van der Waals surface area contributed by atoms with Gasteiger partial charge in [0.25, 0.3) is 5.91 Å². The maximum Gasteiger partial charge on any atom is 0.276 e. The molecule has 0 unspecified atom stereocenters. The zero-order chi connectivity index (χ0) is 14.0. The van der Waals surface area contributed by atoms with E-state index in [9.17, 15) is 4.79 Å². The van der Waals surface area contributed by atoms with Crippen molar-refractivity contribution in [2.75, 3.05) is 11.9 Å². The average Bonchev–Trinajstić information content (AvgIpc) is 2.76. The Balaban J connectivity index is 2.25. The number of nitrogens with two attached hydrogens (primary N) is 1. The van der Waals surface area contributed by atoms with E-state index in [1.807, 2.05) is 31.2 Å². The summed E-state index contributed by atoms with van der Waals surface area (Å²) < 4.78 is 1.60. The molecule has 0 radical (unpaired) electrons. The molecule has 0 saturated carbocycles. The van der Waals surface area contributed by atoms with Crippen LogP contribution in [-0.2, 0) is 13.6 Å². The fourth-order valence-electron chi connectivity index (χ4n) is 1.96. The molecule has 0 aliphatic heterocycles. The first-order valence-corrected chi connectivity index (χ1v) is 6.10. The van der Waals surface area contributed by atoms with Crippen molar-refractivity contribution in [3.63, 3.8) is 0 Å². The zero-order valence-corrected chi connectivity index (χ0v) is 11.4. The topological polar surface area (TPSA) is 64.2 Å². The second-order valence-corrected chi connectivity index (χ2v) is 4.53. The van der Waals surface area contributed by atoms with Gasteiger partial charge in [-0.25, -0.2) is 0 Å². The normalized spacial score (nSPS) is 10.5. The lowest BCUT2D eigenvalue weighted by atomic mass is 10.2. The van der Waals surface area contributed by atoms with Crippen LogP contribution in [0.15, 0.2) is 30.3 Å². The Bertz CT molecular complexity index is 586. The van der Waals surface area contributed by atoms with Crippen LogP contribution in [0, 0.1) is 6.92 Å². The number of carbonyl (C=O) groups excluding carboxylic acids is 1. The van der Waals surface area contributed by atoms with Gasteiger partial charge in [0.1, 0.15) is 5.69 Å². The molecule has 1 amide bonds. The van der Waals surface area contributed by atoms with Gasteiger partial charge < -0.3 is 10.6 Å². The summed E-state index contributed by atoms with van der Waals surface area (Å²) in [6.45, 7) is 2.37. The molecule has 1 heterocycles. The van der Waals surface area contributed by atoms with Crippen LogP contribution >= 0.6 is 0 Å². The molecule has 0 bridgehead atoms. The molecule has 0 atom stereocenters. The third-order valence-electron chi connectivity index (χ3n) is 3.09. The first kappa shape index (κ1) is 13.3. The Morgan fingerprint density at radius 2 is 2.00 bits per heavy atom. The van der Waals surface area contributed by atoms with Crippen molar-refractivity contribution in [1.82, 2.24) is 9.78 Å². The van der Waals surface area contributed by atoms with Crippen molar-refractivity contribution in [1.29, 1.82) is 0 Å². The molecular weight excluding hydrogens is 240 g/mol. The predicted molar refractivity (Wildman–Crippen MR) is 75.0 cm³/mol. The molecule has 0 fully saturated rings. The first-order chi connectivity index (χ1) is 9.02. The molecule has 2 aromatic rings. The fraction of sp³-hybridized carbons (Fsp3) is 0.286. The third kappa shape index (κ3) is 2.66. The van der Waals surface area contributed by atoms with Gasteiger partial charge in [-0.3, -0.25) is 9.48 Å². The molecule has 100 valence electrons. The minimum absolute atomic E-state index is 0.0800. The maximum absolute atomic E-state index is 12.4. The van der Waals surface area contributed by atoms with Crippen LogP contribution in [0.3, 0.4) is 0 Å². The third-order valence-corrected chi connectivity index (χ3v) is 3.09. The summed E-state index contributed by atoms with van der Waals surface area (Å²) in [6.07, 6.45) is 0. The van der Waals surface area contributed by atoms with E-state index >= 15 is 0 Å². The van der Waals surface area contributed by atoms with Crippen LogP contribution in [0.25, 0.3) is 0 Å². The molecule has 2 N–H and O–H groups in total. The van der Waals surface area contributed by atoms with Crippen LogP contribution in [0.2, 0.25) is 0 Å². The van der Waals surface area contributed by atoms with Crippen molar-refractivity contribution in [2.45, 2.75) is 13.5 Å². The van der Waals surface area contributed by atoms with E-state index in [1.165, 1.54) is 0 Å². The van der Waals surface area contributed by atoms with E-state index in [2.05, 4.69) is 5.10 Å². The lowest BCUT2D eigenvalue weighted by Gasteiger charge is -2.17. The molecule has 0 spiro atoms. The second-order valence-electron chi connectivity index (χ2n) is 4.53. The number of anilines is 1. The predicted octanol–water partition coefficient (Wildman–Crippen LogP) is 1.46. The van der Waals surface area contributed by atoms with Gasteiger partial charge in [-0.2, -0.15) is 5.10 Å². The van der Waals surface area contributed by atoms with Crippen LogP contribution in [-0.4, -0.2) is 22.7 Å². The highest BCUT2D eigenvalue weighted by atomic mass is 16.2. The highest BCUT2D eigenvalue weighted by molar-refractivity contribution is 6.04. The quantitative estimate of drug-likeness (QED) is 0.906. The number of nitrogens with zero attached hydrogens (tertiary/aromatic N) is 3. The van der Waals surface area contributed by atoms with Crippen LogP contribution in [0.1, 0.15) is 21.7 Å². The van der Waals surface area contributed by atoms with E-state index in [1.54, 1.807) is 29.7 Å². The van der Waals surface area contributed by atoms with Gasteiger partial charge in [-0.15, -0.1) is 0 Å². The summed E-state index contributed by atoms with van der Waals surface area (Å²) in [4.78, 5) is 14.0. The van der Waals surface area contributed by atoms with E-state index in [0.717, 1.165) is 16.9 Å². The van der Waals surface area contributed by atoms with Gasteiger partial charge in [0.05, 0.1) is 5.69 Å². The van der Waals surface area contributed by atoms with Gasteiger partial charge in [-0.05, 0) is 30.7 Å². The molecule has 5 nitrogen and oxygen atoms in total. The fourth-order valence-corrected chi connectivity index (χ4v) is 1.96. The summed E-state index contributed by atoms with van der Waals surface area (Å²) in [5.74, 6) is -0.0800. The Kier molecular flexibility index (Phi) is 3.66. The van der Waals surface area contributed by atoms with Crippen molar-refractivity contribution in [3.05, 3.63) is 47.3 Å². The van der Waals surface area contributed by atoms with E-state index in [-0.39, 0.29) is 5.91 Å². The van der Waals surface area contributed by atoms with Crippen molar-refractivity contribution < 1.29 is 4.79 Å². The maximum atomic E-state index is 12.4. The Morgan fingerprint density at radius 3 is 2.47 bits per heavy atom. The van der Waals surface area contributed by atoms with Crippen molar-refractivity contribution >= 4 is 11.6 Å².